The molecule has 4 amide bonds. The van der Waals surface area contributed by atoms with Gasteiger partial charge in [-0.25, -0.2) is 14.4 Å². The van der Waals surface area contributed by atoms with Gasteiger partial charge in [-0.15, -0.1) is 0 Å². The highest BCUT2D eigenvalue weighted by Gasteiger charge is 2.54. The number of carbonyl (C=O) groups is 5. The number of aromatic nitrogens is 2. The molecule has 0 aromatic carbocycles. The third-order valence-corrected chi connectivity index (χ3v) is 11.0. The Labute approximate surface area is 370 Å². The Morgan fingerprint density at radius 1 is 0.892 bits per heavy atom. The molecule has 1 aromatic heterocycles. The van der Waals surface area contributed by atoms with Gasteiger partial charge in [0.15, 0.2) is 18.5 Å². The van der Waals surface area contributed by atoms with Gasteiger partial charge < -0.3 is 93.3 Å². The van der Waals surface area contributed by atoms with Gasteiger partial charge in [0, 0.05) is 31.9 Å². The molecule has 3 aliphatic heterocycles. The number of rotatable bonds is 22. The SMILES string of the molecule is CC(C)[C@H](NC(=O)N[C@H](C(=O)N[C@H](C(=O)NCCCN[C@H](C(=O)O)[C@H](O[C@@H]1O[C@H](CN)[C@@H](O)[C@H]1O)[C@H]1O[C@@H](n2ccc(=O)[nH]c2=O)[C@H](O)[C@@H]1O)[C@@H](O)C(C)C)[C@@H]1CCN=C(N)N1)C(=O)O. The second-order valence-corrected chi connectivity index (χ2v) is 16.4. The Morgan fingerprint density at radius 2 is 1.57 bits per heavy atom. The second kappa shape index (κ2) is 23.2. The minimum Gasteiger partial charge on any atom is -0.480 e. The van der Waals surface area contributed by atoms with Crippen molar-refractivity contribution < 1.29 is 73.9 Å². The summed E-state index contributed by atoms with van der Waals surface area (Å²) in [6.07, 6.45) is -15.8. The molecule has 3 aliphatic rings. The zero-order valence-electron chi connectivity index (χ0n) is 36.0. The molecule has 18 N–H and O–H groups in total. The molecule has 0 bridgehead atoms. The molecule has 0 unspecified atom stereocenters. The smallest absolute Gasteiger partial charge is 0.330 e. The van der Waals surface area contributed by atoms with E-state index in [1.807, 2.05) is 4.98 Å². The van der Waals surface area contributed by atoms with Crippen molar-refractivity contribution in [3.05, 3.63) is 33.1 Å². The molecule has 15 atom stereocenters. The predicted molar refractivity (Wildman–Crippen MR) is 221 cm³/mol. The number of nitrogens with zero attached hydrogens (tertiary/aromatic N) is 2. The predicted octanol–water partition coefficient (Wildman–Crippen LogP) is -7.55. The van der Waals surface area contributed by atoms with Crippen LogP contribution in [0.25, 0.3) is 0 Å². The summed E-state index contributed by atoms with van der Waals surface area (Å²) in [5.41, 5.74) is 9.64. The molecule has 65 heavy (non-hydrogen) atoms. The lowest BCUT2D eigenvalue weighted by atomic mass is 9.97. The third kappa shape index (κ3) is 13.2. The molecule has 0 saturated carbocycles. The van der Waals surface area contributed by atoms with Gasteiger partial charge in [-0.2, -0.15) is 0 Å². The van der Waals surface area contributed by atoms with E-state index in [4.69, 9.17) is 25.7 Å². The van der Waals surface area contributed by atoms with Crippen LogP contribution in [0, 0.1) is 11.8 Å². The average Bonchev–Trinajstić information content (AvgIpc) is 3.68. The van der Waals surface area contributed by atoms with Gasteiger partial charge in [-0.05, 0) is 31.2 Å². The largest absolute Gasteiger partial charge is 0.480 e. The van der Waals surface area contributed by atoms with Crippen molar-refractivity contribution in [2.24, 2.45) is 28.3 Å². The molecule has 0 aliphatic carbocycles. The summed E-state index contributed by atoms with van der Waals surface area (Å²) in [6.45, 7) is 5.71. The zero-order valence-corrected chi connectivity index (χ0v) is 36.0. The molecule has 1 aromatic rings. The van der Waals surface area contributed by atoms with Gasteiger partial charge in [-0.1, -0.05) is 27.7 Å². The summed E-state index contributed by atoms with van der Waals surface area (Å²) >= 11 is 0. The fourth-order valence-corrected chi connectivity index (χ4v) is 7.35. The number of aliphatic hydroxyl groups excluding tert-OH is 5. The highest BCUT2D eigenvalue weighted by molar-refractivity contribution is 5.94. The van der Waals surface area contributed by atoms with Gasteiger partial charge in [0.1, 0.15) is 66.9 Å². The summed E-state index contributed by atoms with van der Waals surface area (Å²) in [6, 6.07) is -7.22. The van der Waals surface area contributed by atoms with E-state index in [-0.39, 0.29) is 45.0 Å². The maximum Gasteiger partial charge on any atom is 0.330 e. The summed E-state index contributed by atoms with van der Waals surface area (Å²) in [5.74, 6) is -5.94. The quantitative estimate of drug-likeness (QED) is 0.0480. The van der Waals surface area contributed by atoms with Gasteiger partial charge in [0.2, 0.25) is 11.8 Å². The average molecular weight is 932 g/mol. The fraction of sp³-hybridized carbons (Fsp3) is 0.730. The number of urea groups is 1. The van der Waals surface area contributed by atoms with Crippen molar-refractivity contribution in [1.82, 2.24) is 41.5 Å². The Hall–Kier alpha value is -5.30. The number of ether oxygens (including phenoxy) is 3. The van der Waals surface area contributed by atoms with Crippen molar-refractivity contribution in [2.45, 2.75) is 132 Å². The van der Waals surface area contributed by atoms with E-state index in [0.29, 0.717) is 0 Å². The monoisotopic (exact) mass is 931 g/mol. The number of guanidine groups is 1. The number of aliphatic carboxylic acids is 2. The van der Waals surface area contributed by atoms with Gasteiger partial charge in [0.25, 0.3) is 5.56 Å². The number of aliphatic hydroxyl groups is 5. The molecule has 2 fully saturated rings. The highest BCUT2D eigenvalue weighted by Crippen LogP contribution is 2.34. The fourth-order valence-electron chi connectivity index (χ4n) is 7.35. The van der Waals surface area contributed by atoms with Crippen LogP contribution in [0.4, 0.5) is 4.79 Å². The number of aromatic amines is 1. The Morgan fingerprint density at radius 3 is 2.14 bits per heavy atom. The minimum absolute atomic E-state index is 0.0418. The van der Waals surface area contributed by atoms with E-state index in [2.05, 4.69) is 36.9 Å². The van der Waals surface area contributed by atoms with Gasteiger partial charge >= 0.3 is 23.7 Å². The van der Waals surface area contributed by atoms with E-state index < -0.39 is 144 Å². The first-order valence-corrected chi connectivity index (χ1v) is 20.9. The van der Waals surface area contributed by atoms with E-state index in [0.717, 1.165) is 16.8 Å². The number of carboxylic acids is 2. The molecule has 28 heteroatoms. The lowest BCUT2D eigenvalue weighted by Gasteiger charge is -2.33. The van der Waals surface area contributed by atoms with Gasteiger partial charge in [0.05, 0.1) is 12.1 Å². The standard InChI is InChI=1S/C37H61N11O17/c1-13(2)18(32(57)58)46-36(61)47-19(15-6-10-42-35(39)43-15)30(56)45-20(22(50)14(3)4)29(55)41-9-5-8-40-21(33(59)60)27(65-34-26(54)23(51)16(12-38)63-34)28-24(52)25(53)31(64-28)48-11-7-17(49)44-37(48)62/h7,11,13-16,18-28,31,34,40,50-54H,5-6,8-10,12,38H2,1-4H3,(H,41,55)(H,45,56)(H,57,58)(H,59,60)(H3,39,42,43)(H,44,49,62)(H2,46,47,61)/t15-,16+,18-,19-,20-,21-,22-,23+,24-,25+,26+,27-,28-,31+,34-/m0/s1. The first kappa shape index (κ1) is 52.3. The van der Waals surface area contributed by atoms with Gasteiger partial charge in [-0.3, -0.25) is 33.7 Å². The third-order valence-electron chi connectivity index (χ3n) is 11.0. The van der Waals surface area contributed by atoms with Crippen molar-refractivity contribution in [3.8, 4) is 0 Å². The number of aliphatic imine (C=N–C) groups is 1. The summed E-state index contributed by atoms with van der Waals surface area (Å²) in [7, 11) is 0. The molecule has 4 rings (SSSR count). The van der Waals surface area contributed by atoms with Crippen LogP contribution in [0.1, 0.15) is 46.8 Å². The number of H-pyrrole nitrogens is 1. The van der Waals surface area contributed by atoms with Crippen LogP contribution in [0.2, 0.25) is 0 Å². The first-order valence-electron chi connectivity index (χ1n) is 20.9. The number of nitrogens with one attached hydrogen (secondary N) is 7. The molecule has 2 saturated heterocycles. The number of hydrogen-bond donors (Lipinski definition) is 16. The number of carbonyl (C=O) groups excluding carboxylic acids is 3. The lowest BCUT2D eigenvalue weighted by Crippen LogP contribution is -2.66. The van der Waals surface area contributed by atoms with E-state index in [1.165, 1.54) is 0 Å². The number of hydrogen-bond acceptors (Lipinski definition) is 20. The van der Waals surface area contributed by atoms with Crippen molar-refractivity contribution in [2.75, 3.05) is 26.2 Å². The first-order chi connectivity index (χ1) is 30.6. The molecule has 366 valence electrons. The Kier molecular flexibility index (Phi) is 18.7. The number of nitrogens with two attached hydrogens (primary N) is 2. The van der Waals surface area contributed by atoms with Crippen LogP contribution < -0.4 is 54.6 Å². The zero-order chi connectivity index (χ0) is 48.4. The topological polar surface area (TPSA) is 446 Å². The Balaban J connectivity index is 1.48. The minimum atomic E-state index is -1.95. The molecule has 28 nitrogen and oxygen atoms in total. The Bertz CT molecular complexity index is 1970. The number of amides is 4. The van der Waals surface area contributed by atoms with Crippen LogP contribution in [0.3, 0.4) is 0 Å². The van der Waals surface area contributed by atoms with Crippen molar-refractivity contribution in [1.29, 1.82) is 0 Å². The van der Waals surface area contributed by atoms with E-state index >= 15 is 0 Å². The van der Waals surface area contributed by atoms with E-state index in [1.54, 1.807) is 27.7 Å². The number of carboxylic acid groups (broad SMARTS) is 2. The maximum atomic E-state index is 13.9. The van der Waals surface area contributed by atoms with Crippen LogP contribution in [0.15, 0.2) is 26.8 Å². The second-order valence-electron chi connectivity index (χ2n) is 16.4. The summed E-state index contributed by atoms with van der Waals surface area (Å²) < 4.78 is 17.9. The molecule has 0 radical (unpaired) electrons. The van der Waals surface area contributed by atoms with Crippen LogP contribution in [-0.4, -0.2) is 193 Å². The van der Waals surface area contributed by atoms with Crippen LogP contribution in [0.5, 0.6) is 0 Å². The van der Waals surface area contributed by atoms with Crippen molar-refractivity contribution >= 4 is 35.7 Å². The normalized spacial score (nSPS) is 28.2. The van der Waals surface area contributed by atoms with Crippen molar-refractivity contribution in [3.63, 3.8) is 0 Å². The molecule has 4 heterocycles. The van der Waals surface area contributed by atoms with Crippen LogP contribution >= 0.6 is 0 Å². The highest BCUT2D eigenvalue weighted by atomic mass is 16.7. The summed E-state index contributed by atoms with van der Waals surface area (Å²) in [5, 5.41) is 89.4. The van der Waals surface area contributed by atoms with Crippen LogP contribution in [-0.2, 0) is 33.4 Å². The molecular formula is C37H61N11O17. The van der Waals surface area contributed by atoms with E-state index in [9.17, 15) is 69.3 Å². The summed E-state index contributed by atoms with van der Waals surface area (Å²) in [4.78, 5) is 95.3. The molecular weight excluding hydrogens is 870 g/mol. The maximum absolute atomic E-state index is 13.9. The lowest BCUT2D eigenvalue weighted by molar-refractivity contribution is -0.228. The molecule has 0 spiro atoms.